The van der Waals surface area contributed by atoms with Gasteiger partial charge in [0.2, 0.25) is 5.91 Å². The summed E-state index contributed by atoms with van der Waals surface area (Å²) in [5.41, 5.74) is 5.47. The first-order valence-corrected chi connectivity index (χ1v) is 5.32. The molecule has 2 N–H and O–H groups in total. The smallest absolute Gasteiger partial charge is 0.239 e. The van der Waals surface area contributed by atoms with Crippen LogP contribution in [0.2, 0.25) is 0 Å². The summed E-state index contributed by atoms with van der Waals surface area (Å²) >= 11 is 0. The maximum absolute atomic E-state index is 11.8. The molecule has 14 heavy (non-hydrogen) atoms. The summed E-state index contributed by atoms with van der Waals surface area (Å²) in [5, 5.41) is 0. The van der Waals surface area contributed by atoms with Crippen LogP contribution in [-0.4, -0.2) is 55.5 Å². The summed E-state index contributed by atoms with van der Waals surface area (Å²) in [6, 6.07) is 0.108. The fourth-order valence-corrected chi connectivity index (χ4v) is 1.97. The van der Waals surface area contributed by atoms with Gasteiger partial charge in [0, 0.05) is 20.6 Å². The third-order valence-corrected chi connectivity index (χ3v) is 2.74. The van der Waals surface area contributed by atoms with Crippen molar-refractivity contribution in [2.24, 2.45) is 5.73 Å². The van der Waals surface area contributed by atoms with Crippen LogP contribution in [0.4, 0.5) is 0 Å². The Labute approximate surface area is 86.0 Å². The second-order valence-corrected chi connectivity index (χ2v) is 4.07. The summed E-state index contributed by atoms with van der Waals surface area (Å²) in [4.78, 5) is 15.7. The Kier molecular flexibility index (Phi) is 4.35. The quantitative estimate of drug-likeness (QED) is 0.687. The Morgan fingerprint density at radius 2 is 2.29 bits per heavy atom. The van der Waals surface area contributed by atoms with Gasteiger partial charge in [-0.3, -0.25) is 9.69 Å². The summed E-state index contributed by atoms with van der Waals surface area (Å²) < 4.78 is 0. The van der Waals surface area contributed by atoms with Crippen LogP contribution in [0.3, 0.4) is 0 Å². The zero-order valence-corrected chi connectivity index (χ0v) is 9.20. The van der Waals surface area contributed by atoms with Crippen LogP contribution in [0, 0.1) is 0 Å². The predicted octanol–water partition coefficient (Wildman–Crippen LogP) is -0.112. The van der Waals surface area contributed by atoms with Gasteiger partial charge in [-0.15, -0.1) is 0 Å². The highest BCUT2D eigenvalue weighted by molar-refractivity contribution is 5.81. The topological polar surface area (TPSA) is 49.6 Å². The van der Waals surface area contributed by atoms with Crippen LogP contribution >= 0.6 is 0 Å². The van der Waals surface area contributed by atoms with Gasteiger partial charge >= 0.3 is 0 Å². The molecule has 0 aromatic rings. The Morgan fingerprint density at radius 3 is 2.86 bits per heavy atom. The first kappa shape index (κ1) is 11.5. The molecular formula is C10H21N3O. The molecule has 0 aliphatic carbocycles. The second-order valence-electron chi connectivity index (χ2n) is 4.07. The number of nitrogens with two attached hydrogens (primary N) is 1. The highest BCUT2D eigenvalue weighted by Gasteiger charge is 2.30. The molecule has 1 aliphatic rings. The van der Waals surface area contributed by atoms with Crippen molar-refractivity contribution in [2.75, 3.05) is 33.7 Å². The number of likely N-dealkylation sites (N-methyl/N-ethyl adjacent to an activating group) is 1. The normalized spacial score (nSPS) is 22.6. The third-order valence-electron chi connectivity index (χ3n) is 2.74. The molecule has 0 saturated carbocycles. The van der Waals surface area contributed by atoms with Crippen molar-refractivity contribution >= 4 is 5.91 Å². The fraction of sp³-hybridized carbons (Fsp3) is 0.900. The van der Waals surface area contributed by atoms with E-state index in [0.29, 0.717) is 6.54 Å². The van der Waals surface area contributed by atoms with Crippen molar-refractivity contribution in [3.8, 4) is 0 Å². The maximum Gasteiger partial charge on any atom is 0.239 e. The fourth-order valence-electron chi connectivity index (χ4n) is 1.97. The molecule has 1 aliphatic heterocycles. The van der Waals surface area contributed by atoms with Gasteiger partial charge < -0.3 is 10.6 Å². The monoisotopic (exact) mass is 199 g/mol. The van der Waals surface area contributed by atoms with Gasteiger partial charge in [-0.1, -0.05) is 0 Å². The SMILES string of the molecule is CN(C)C(=O)[C@@H]1CCCN1CCCN. The van der Waals surface area contributed by atoms with E-state index in [1.165, 1.54) is 0 Å². The number of hydrogen-bond acceptors (Lipinski definition) is 3. The Morgan fingerprint density at radius 1 is 1.57 bits per heavy atom. The lowest BCUT2D eigenvalue weighted by Crippen LogP contribution is -2.43. The standard InChI is InChI=1S/C10H21N3O/c1-12(2)10(14)9-5-3-7-13(9)8-4-6-11/h9H,3-8,11H2,1-2H3/t9-/m0/s1. The first-order valence-electron chi connectivity index (χ1n) is 5.32. The summed E-state index contributed by atoms with van der Waals surface area (Å²) in [6.07, 6.45) is 3.12. The van der Waals surface area contributed by atoms with Crippen molar-refractivity contribution in [3.63, 3.8) is 0 Å². The van der Waals surface area contributed by atoms with Crippen LogP contribution in [-0.2, 0) is 4.79 Å². The molecule has 4 nitrogen and oxygen atoms in total. The molecule has 0 aromatic carbocycles. The van der Waals surface area contributed by atoms with Crippen LogP contribution in [0.1, 0.15) is 19.3 Å². The second kappa shape index (κ2) is 5.32. The Bertz CT molecular complexity index is 194. The molecule has 0 unspecified atom stereocenters. The van der Waals surface area contributed by atoms with Gasteiger partial charge in [0.1, 0.15) is 0 Å². The number of hydrogen-bond donors (Lipinski definition) is 1. The molecule has 1 heterocycles. The minimum absolute atomic E-state index is 0.108. The van der Waals surface area contributed by atoms with Crippen molar-refractivity contribution < 1.29 is 4.79 Å². The molecule has 0 aromatic heterocycles. The zero-order valence-electron chi connectivity index (χ0n) is 9.20. The van der Waals surface area contributed by atoms with Gasteiger partial charge in [0.25, 0.3) is 0 Å². The molecule has 1 rings (SSSR count). The highest BCUT2D eigenvalue weighted by atomic mass is 16.2. The van der Waals surface area contributed by atoms with Gasteiger partial charge in [0.05, 0.1) is 6.04 Å². The van der Waals surface area contributed by atoms with Crippen LogP contribution in [0.15, 0.2) is 0 Å². The van der Waals surface area contributed by atoms with E-state index in [4.69, 9.17) is 5.73 Å². The number of carbonyl (C=O) groups is 1. The lowest BCUT2D eigenvalue weighted by atomic mass is 10.2. The van der Waals surface area contributed by atoms with Crippen molar-refractivity contribution in [2.45, 2.75) is 25.3 Å². The van der Waals surface area contributed by atoms with E-state index in [1.54, 1.807) is 4.90 Å². The minimum Gasteiger partial charge on any atom is -0.347 e. The number of amides is 1. The molecule has 1 fully saturated rings. The van der Waals surface area contributed by atoms with Gasteiger partial charge in [-0.05, 0) is 32.4 Å². The average molecular weight is 199 g/mol. The molecule has 1 atom stereocenters. The number of carbonyl (C=O) groups excluding carboxylic acids is 1. The summed E-state index contributed by atoms with van der Waals surface area (Å²) in [7, 11) is 3.64. The molecule has 0 bridgehead atoms. The first-order chi connectivity index (χ1) is 6.66. The molecule has 4 heteroatoms. The highest BCUT2D eigenvalue weighted by Crippen LogP contribution is 2.18. The molecule has 0 radical (unpaired) electrons. The van der Waals surface area contributed by atoms with E-state index in [-0.39, 0.29) is 11.9 Å². The van der Waals surface area contributed by atoms with Crippen LogP contribution < -0.4 is 5.73 Å². The molecule has 1 saturated heterocycles. The van der Waals surface area contributed by atoms with E-state index in [9.17, 15) is 4.79 Å². The predicted molar refractivity (Wildman–Crippen MR) is 57.0 cm³/mol. The summed E-state index contributed by atoms with van der Waals surface area (Å²) in [6.45, 7) is 2.71. The molecule has 0 spiro atoms. The maximum atomic E-state index is 11.8. The number of nitrogens with zero attached hydrogens (tertiary/aromatic N) is 2. The van der Waals surface area contributed by atoms with Crippen LogP contribution in [0.5, 0.6) is 0 Å². The lowest BCUT2D eigenvalue weighted by Gasteiger charge is -2.25. The van der Waals surface area contributed by atoms with Crippen molar-refractivity contribution in [1.82, 2.24) is 9.80 Å². The Balaban J connectivity index is 2.46. The van der Waals surface area contributed by atoms with E-state index < -0.39 is 0 Å². The van der Waals surface area contributed by atoms with E-state index in [1.807, 2.05) is 14.1 Å². The number of likely N-dealkylation sites (tertiary alicyclic amines) is 1. The molecule has 1 amide bonds. The van der Waals surface area contributed by atoms with E-state index in [0.717, 1.165) is 32.4 Å². The molecule has 82 valence electrons. The van der Waals surface area contributed by atoms with Gasteiger partial charge in [-0.2, -0.15) is 0 Å². The number of rotatable bonds is 4. The third kappa shape index (κ3) is 2.69. The molecular weight excluding hydrogens is 178 g/mol. The van der Waals surface area contributed by atoms with Gasteiger partial charge in [0.15, 0.2) is 0 Å². The van der Waals surface area contributed by atoms with Crippen molar-refractivity contribution in [1.29, 1.82) is 0 Å². The van der Waals surface area contributed by atoms with Crippen LogP contribution in [0.25, 0.3) is 0 Å². The minimum atomic E-state index is 0.108. The van der Waals surface area contributed by atoms with Crippen molar-refractivity contribution in [3.05, 3.63) is 0 Å². The Hall–Kier alpha value is -0.610. The largest absolute Gasteiger partial charge is 0.347 e. The lowest BCUT2D eigenvalue weighted by molar-refractivity contribution is -0.133. The zero-order chi connectivity index (χ0) is 10.6. The van der Waals surface area contributed by atoms with Gasteiger partial charge in [-0.25, -0.2) is 0 Å². The van der Waals surface area contributed by atoms with E-state index >= 15 is 0 Å². The van der Waals surface area contributed by atoms with E-state index in [2.05, 4.69) is 4.90 Å². The summed E-state index contributed by atoms with van der Waals surface area (Å²) in [5.74, 6) is 0.236. The average Bonchev–Trinajstić information content (AvgIpc) is 2.61.